The summed E-state index contributed by atoms with van der Waals surface area (Å²) in [6.45, 7) is 5.21. The van der Waals surface area contributed by atoms with Gasteiger partial charge in [0.15, 0.2) is 5.82 Å². The minimum absolute atomic E-state index is 0.197. The van der Waals surface area contributed by atoms with Gasteiger partial charge in [-0.2, -0.15) is 0 Å². The Balaban J connectivity index is 2.27. The van der Waals surface area contributed by atoms with Gasteiger partial charge in [0.2, 0.25) is 0 Å². The maximum atomic E-state index is 14.1. The van der Waals surface area contributed by atoms with Gasteiger partial charge in [0.05, 0.1) is 10.7 Å². The maximum Gasteiger partial charge on any atom is 0.165 e. The van der Waals surface area contributed by atoms with E-state index < -0.39 is 0 Å². The molecule has 4 heteroatoms. The van der Waals surface area contributed by atoms with Crippen LogP contribution in [0, 0.1) is 11.7 Å². The molecule has 0 spiro atoms. The van der Waals surface area contributed by atoms with Gasteiger partial charge in [-0.1, -0.05) is 24.6 Å². The molecule has 3 atom stereocenters. The largest absolute Gasteiger partial charge is 0.366 e. The number of anilines is 1. The van der Waals surface area contributed by atoms with Crippen molar-refractivity contribution in [3.8, 4) is 0 Å². The number of nitrogens with zero attached hydrogens (tertiary/aromatic N) is 1. The smallest absolute Gasteiger partial charge is 0.165 e. The number of piperidine rings is 1. The van der Waals surface area contributed by atoms with Crippen molar-refractivity contribution >= 4 is 17.3 Å². The molecule has 1 fully saturated rings. The van der Waals surface area contributed by atoms with E-state index in [9.17, 15) is 4.39 Å². The molecule has 0 saturated carbocycles. The highest BCUT2D eigenvalue weighted by Crippen LogP contribution is 2.32. The average molecular weight is 271 g/mol. The first-order chi connectivity index (χ1) is 8.56. The third-order valence-electron chi connectivity index (χ3n) is 4.18. The van der Waals surface area contributed by atoms with Crippen LogP contribution < -0.4 is 10.2 Å². The van der Waals surface area contributed by atoms with E-state index in [2.05, 4.69) is 24.1 Å². The SMILES string of the molecule is CNC1CCN(c2cccc(Cl)c2F)C(C)C1C. The lowest BCUT2D eigenvalue weighted by Crippen LogP contribution is -2.53. The summed E-state index contributed by atoms with van der Waals surface area (Å²) in [5.74, 6) is 0.170. The van der Waals surface area contributed by atoms with Gasteiger partial charge in [0, 0.05) is 18.6 Å². The summed E-state index contributed by atoms with van der Waals surface area (Å²) in [5.41, 5.74) is 0.622. The number of hydrogen-bond acceptors (Lipinski definition) is 2. The Hall–Kier alpha value is -0.800. The minimum atomic E-state index is -0.305. The molecule has 18 heavy (non-hydrogen) atoms. The van der Waals surface area contributed by atoms with Gasteiger partial charge < -0.3 is 10.2 Å². The quantitative estimate of drug-likeness (QED) is 0.887. The van der Waals surface area contributed by atoms with E-state index in [0.717, 1.165) is 13.0 Å². The van der Waals surface area contributed by atoms with Gasteiger partial charge in [-0.25, -0.2) is 4.39 Å². The van der Waals surface area contributed by atoms with Gasteiger partial charge in [0.1, 0.15) is 0 Å². The lowest BCUT2D eigenvalue weighted by molar-refractivity contribution is 0.281. The van der Waals surface area contributed by atoms with Crippen molar-refractivity contribution in [2.75, 3.05) is 18.5 Å². The normalized spacial score (nSPS) is 28.5. The van der Waals surface area contributed by atoms with Crippen molar-refractivity contribution in [2.24, 2.45) is 5.92 Å². The molecule has 100 valence electrons. The number of hydrogen-bond donors (Lipinski definition) is 1. The van der Waals surface area contributed by atoms with Crippen LogP contribution in [0.5, 0.6) is 0 Å². The second-order valence-corrected chi connectivity index (χ2v) is 5.46. The van der Waals surface area contributed by atoms with Crippen molar-refractivity contribution in [3.63, 3.8) is 0 Å². The standard InChI is InChI=1S/C14H20ClFN2/c1-9-10(2)18(8-7-12(9)17-3)13-6-4-5-11(15)14(13)16/h4-6,9-10,12,17H,7-8H2,1-3H3. The van der Waals surface area contributed by atoms with E-state index in [1.54, 1.807) is 6.07 Å². The molecule has 0 bridgehead atoms. The second-order valence-electron chi connectivity index (χ2n) is 5.05. The number of halogens is 2. The van der Waals surface area contributed by atoms with Crippen LogP contribution in [-0.4, -0.2) is 25.7 Å². The summed E-state index contributed by atoms with van der Waals surface area (Å²) < 4.78 is 14.1. The topological polar surface area (TPSA) is 15.3 Å². The molecule has 1 saturated heterocycles. The van der Waals surface area contributed by atoms with Crippen LogP contribution in [0.1, 0.15) is 20.3 Å². The minimum Gasteiger partial charge on any atom is -0.366 e. The Morgan fingerprint density at radius 2 is 2.11 bits per heavy atom. The number of rotatable bonds is 2. The molecule has 1 aromatic carbocycles. The first-order valence-corrected chi connectivity index (χ1v) is 6.82. The van der Waals surface area contributed by atoms with Gasteiger partial charge in [-0.05, 0) is 38.4 Å². The molecule has 1 aromatic rings. The lowest BCUT2D eigenvalue weighted by Gasteiger charge is -2.44. The molecule has 1 aliphatic heterocycles. The third-order valence-corrected chi connectivity index (χ3v) is 4.47. The van der Waals surface area contributed by atoms with Crippen LogP contribution in [0.4, 0.5) is 10.1 Å². The van der Waals surface area contributed by atoms with Gasteiger partial charge in [-0.3, -0.25) is 0 Å². The summed E-state index contributed by atoms with van der Waals surface area (Å²) in [7, 11) is 1.99. The van der Waals surface area contributed by atoms with Crippen LogP contribution in [-0.2, 0) is 0 Å². The fourth-order valence-corrected chi connectivity index (χ4v) is 3.00. The summed E-state index contributed by atoms with van der Waals surface area (Å²) >= 11 is 5.86. The Morgan fingerprint density at radius 3 is 2.78 bits per heavy atom. The van der Waals surface area contributed by atoms with Crippen molar-refractivity contribution in [3.05, 3.63) is 29.0 Å². The van der Waals surface area contributed by atoms with Crippen molar-refractivity contribution in [1.29, 1.82) is 0 Å². The lowest BCUT2D eigenvalue weighted by atomic mass is 9.86. The monoisotopic (exact) mass is 270 g/mol. The Morgan fingerprint density at radius 1 is 1.39 bits per heavy atom. The van der Waals surface area contributed by atoms with Crippen LogP contribution >= 0.6 is 11.6 Å². The molecule has 0 aliphatic carbocycles. The highest BCUT2D eigenvalue weighted by molar-refractivity contribution is 6.31. The van der Waals surface area contributed by atoms with E-state index in [4.69, 9.17) is 11.6 Å². The zero-order chi connectivity index (χ0) is 13.3. The molecule has 0 amide bonds. The molecule has 2 rings (SSSR count). The van der Waals surface area contributed by atoms with Crippen molar-refractivity contribution in [1.82, 2.24) is 5.32 Å². The predicted octanol–water partition coefficient (Wildman–Crippen LogP) is 3.30. The second kappa shape index (κ2) is 5.45. The Kier molecular flexibility index (Phi) is 4.13. The fourth-order valence-electron chi connectivity index (χ4n) is 2.83. The molecule has 1 aliphatic rings. The molecular formula is C14H20ClFN2. The first kappa shape index (κ1) is 13.6. The van der Waals surface area contributed by atoms with Crippen LogP contribution in [0.25, 0.3) is 0 Å². The zero-order valence-corrected chi connectivity index (χ0v) is 11.8. The molecule has 0 radical (unpaired) electrons. The van der Waals surface area contributed by atoms with Crippen molar-refractivity contribution < 1.29 is 4.39 Å². The van der Waals surface area contributed by atoms with E-state index in [-0.39, 0.29) is 10.8 Å². The molecular weight excluding hydrogens is 251 g/mol. The molecule has 0 aromatic heterocycles. The van der Waals surface area contributed by atoms with E-state index in [1.165, 1.54) is 0 Å². The molecule has 1 N–H and O–H groups in total. The summed E-state index contributed by atoms with van der Waals surface area (Å²) in [6.07, 6.45) is 1.02. The summed E-state index contributed by atoms with van der Waals surface area (Å²) in [4.78, 5) is 2.12. The Labute approximate surface area is 113 Å². The number of nitrogens with one attached hydrogen (secondary N) is 1. The fraction of sp³-hybridized carbons (Fsp3) is 0.571. The third kappa shape index (κ3) is 2.34. The van der Waals surface area contributed by atoms with Gasteiger partial charge in [0.25, 0.3) is 0 Å². The summed E-state index contributed by atoms with van der Waals surface area (Å²) in [6, 6.07) is 6.00. The molecule has 1 heterocycles. The van der Waals surface area contributed by atoms with Gasteiger partial charge in [-0.15, -0.1) is 0 Å². The summed E-state index contributed by atoms with van der Waals surface area (Å²) in [5, 5.41) is 3.53. The highest BCUT2D eigenvalue weighted by atomic mass is 35.5. The predicted molar refractivity (Wildman–Crippen MR) is 74.8 cm³/mol. The van der Waals surface area contributed by atoms with Crippen LogP contribution in [0.3, 0.4) is 0 Å². The van der Waals surface area contributed by atoms with Crippen LogP contribution in [0.2, 0.25) is 5.02 Å². The van der Waals surface area contributed by atoms with Crippen LogP contribution in [0.15, 0.2) is 18.2 Å². The van der Waals surface area contributed by atoms with E-state index in [0.29, 0.717) is 23.7 Å². The maximum absolute atomic E-state index is 14.1. The van der Waals surface area contributed by atoms with E-state index in [1.807, 2.05) is 19.2 Å². The zero-order valence-electron chi connectivity index (χ0n) is 11.1. The highest BCUT2D eigenvalue weighted by Gasteiger charge is 2.32. The van der Waals surface area contributed by atoms with Gasteiger partial charge >= 0.3 is 0 Å². The van der Waals surface area contributed by atoms with E-state index >= 15 is 0 Å². The Bertz CT molecular complexity index is 424. The van der Waals surface area contributed by atoms with Crippen molar-refractivity contribution in [2.45, 2.75) is 32.4 Å². The molecule has 3 unspecified atom stereocenters. The first-order valence-electron chi connectivity index (χ1n) is 6.44. The number of benzene rings is 1. The molecule has 2 nitrogen and oxygen atoms in total. The average Bonchev–Trinajstić information content (AvgIpc) is 2.37.